The predicted octanol–water partition coefficient (Wildman–Crippen LogP) is 1.21. The Bertz CT molecular complexity index is 559. The van der Waals surface area contributed by atoms with Gasteiger partial charge in [0.2, 0.25) is 0 Å². The minimum Gasteiger partial charge on any atom is -0.383 e. The van der Waals surface area contributed by atoms with Gasteiger partial charge in [-0.25, -0.2) is 4.68 Å². The summed E-state index contributed by atoms with van der Waals surface area (Å²) in [5.41, 5.74) is 0.676. The number of anilines is 1. The van der Waals surface area contributed by atoms with Crippen molar-refractivity contribution in [3.05, 3.63) is 41.1 Å². The molecule has 6 heteroatoms. The summed E-state index contributed by atoms with van der Waals surface area (Å²) in [6.07, 6.45) is 5.27. The third kappa shape index (κ3) is 3.94. The van der Waals surface area contributed by atoms with E-state index in [0.717, 1.165) is 12.2 Å². The molecule has 0 unspecified atom stereocenters. The molecule has 0 aliphatic carbocycles. The zero-order valence-corrected chi connectivity index (χ0v) is 11.3. The highest BCUT2D eigenvalue weighted by Crippen LogP contribution is 2.01. The van der Waals surface area contributed by atoms with Crippen molar-refractivity contribution in [2.75, 3.05) is 11.9 Å². The molecule has 0 bridgehead atoms. The van der Waals surface area contributed by atoms with Gasteiger partial charge in [-0.05, 0) is 12.0 Å². The van der Waals surface area contributed by atoms with Gasteiger partial charge in [0.25, 0.3) is 5.56 Å². The summed E-state index contributed by atoms with van der Waals surface area (Å²) in [6, 6.07) is 3.44. The van der Waals surface area contributed by atoms with E-state index in [9.17, 15) is 4.79 Å². The molecule has 0 aliphatic rings. The molecular weight excluding hydrogens is 242 g/mol. The van der Waals surface area contributed by atoms with Gasteiger partial charge in [0.15, 0.2) is 0 Å². The molecule has 6 nitrogen and oxygen atoms in total. The minimum atomic E-state index is -0.0964. The zero-order valence-electron chi connectivity index (χ0n) is 11.3. The van der Waals surface area contributed by atoms with E-state index in [1.807, 2.05) is 12.3 Å². The van der Waals surface area contributed by atoms with Crippen LogP contribution < -0.4 is 10.9 Å². The molecule has 0 aromatic carbocycles. The molecule has 0 spiro atoms. The fourth-order valence-electron chi connectivity index (χ4n) is 1.65. The summed E-state index contributed by atoms with van der Waals surface area (Å²) in [5.74, 6) is 0.530. The number of aromatic nitrogens is 4. The lowest BCUT2D eigenvalue weighted by molar-refractivity contribution is 0.482. The van der Waals surface area contributed by atoms with Gasteiger partial charge in [-0.1, -0.05) is 13.8 Å². The van der Waals surface area contributed by atoms with Crippen LogP contribution in [0.3, 0.4) is 0 Å². The monoisotopic (exact) mass is 261 g/mol. The fraction of sp³-hybridized carbons (Fsp3) is 0.462. The Morgan fingerprint density at radius 3 is 2.79 bits per heavy atom. The molecular formula is C13H19N5O. The van der Waals surface area contributed by atoms with E-state index < -0.39 is 0 Å². The average Bonchev–Trinajstić information content (AvgIpc) is 2.88. The summed E-state index contributed by atoms with van der Waals surface area (Å²) < 4.78 is 3.22. The Hall–Kier alpha value is -2.11. The third-order valence-electron chi connectivity index (χ3n) is 2.68. The summed E-state index contributed by atoms with van der Waals surface area (Å²) in [4.78, 5) is 11.9. The lowest BCUT2D eigenvalue weighted by Crippen LogP contribution is -2.25. The second kappa shape index (κ2) is 6.17. The highest BCUT2D eigenvalue weighted by Gasteiger charge is 2.01. The van der Waals surface area contributed by atoms with E-state index in [4.69, 9.17) is 0 Å². The molecule has 2 rings (SSSR count). The molecule has 0 amide bonds. The van der Waals surface area contributed by atoms with Gasteiger partial charge in [-0.15, -0.1) is 0 Å². The first kappa shape index (κ1) is 13.3. The van der Waals surface area contributed by atoms with Crippen LogP contribution in [-0.2, 0) is 13.1 Å². The summed E-state index contributed by atoms with van der Waals surface area (Å²) in [7, 11) is 0. The quantitative estimate of drug-likeness (QED) is 0.849. The molecule has 0 radical (unpaired) electrons. The van der Waals surface area contributed by atoms with E-state index >= 15 is 0 Å². The number of nitrogens with one attached hydrogen (secondary N) is 1. The first-order chi connectivity index (χ1) is 9.15. The minimum absolute atomic E-state index is 0.0964. The molecule has 2 heterocycles. The Balaban J connectivity index is 1.97. The molecule has 0 atom stereocenters. The molecule has 2 aromatic rings. The molecule has 102 valence electrons. The van der Waals surface area contributed by atoms with Crippen LogP contribution in [0.1, 0.15) is 13.8 Å². The lowest BCUT2D eigenvalue weighted by atomic mass is 10.2. The van der Waals surface area contributed by atoms with Crippen LogP contribution in [0.2, 0.25) is 0 Å². The molecule has 0 saturated carbocycles. The molecule has 19 heavy (non-hydrogen) atoms. The van der Waals surface area contributed by atoms with Crippen molar-refractivity contribution in [3.8, 4) is 0 Å². The smallest absolute Gasteiger partial charge is 0.268 e. The van der Waals surface area contributed by atoms with E-state index in [2.05, 4.69) is 29.4 Å². The van der Waals surface area contributed by atoms with Crippen LogP contribution in [-0.4, -0.2) is 26.1 Å². The maximum atomic E-state index is 11.9. The Morgan fingerprint density at radius 2 is 2.16 bits per heavy atom. The van der Waals surface area contributed by atoms with Crippen LogP contribution in [0.25, 0.3) is 0 Å². The second-order valence-corrected chi connectivity index (χ2v) is 4.85. The van der Waals surface area contributed by atoms with E-state index in [-0.39, 0.29) is 5.56 Å². The molecule has 0 fully saturated rings. The molecule has 2 aromatic heterocycles. The van der Waals surface area contributed by atoms with E-state index in [1.165, 1.54) is 4.68 Å². The largest absolute Gasteiger partial charge is 0.383 e. The number of aryl methyl sites for hydroxylation is 2. The van der Waals surface area contributed by atoms with Gasteiger partial charge in [0.1, 0.15) is 0 Å². The standard InChI is InChI=1S/C13H19N5O/c1-11(2)9-14-12-8-13(19)18(16-10-12)7-6-17-5-3-4-15-17/h3-5,8,10-11,14H,6-7,9H2,1-2H3. The maximum absolute atomic E-state index is 11.9. The third-order valence-corrected chi connectivity index (χ3v) is 2.68. The van der Waals surface area contributed by atoms with Gasteiger partial charge >= 0.3 is 0 Å². The highest BCUT2D eigenvalue weighted by molar-refractivity contribution is 5.38. The van der Waals surface area contributed by atoms with Crippen molar-refractivity contribution < 1.29 is 0 Å². The number of hydrogen-bond donors (Lipinski definition) is 1. The first-order valence-corrected chi connectivity index (χ1v) is 6.43. The predicted molar refractivity (Wildman–Crippen MR) is 74.1 cm³/mol. The van der Waals surface area contributed by atoms with Crippen LogP contribution in [0.5, 0.6) is 0 Å². The van der Waals surface area contributed by atoms with Crippen LogP contribution >= 0.6 is 0 Å². The zero-order chi connectivity index (χ0) is 13.7. The maximum Gasteiger partial charge on any atom is 0.268 e. The van der Waals surface area contributed by atoms with E-state index in [1.54, 1.807) is 23.1 Å². The van der Waals surface area contributed by atoms with Gasteiger partial charge < -0.3 is 5.32 Å². The van der Waals surface area contributed by atoms with Gasteiger partial charge in [-0.2, -0.15) is 10.2 Å². The van der Waals surface area contributed by atoms with Gasteiger partial charge in [0, 0.05) is 25.0 Å². The number of rotatable bonds is 6. The normalized spacial score (nSPS) is 10.9. The SMILES string of the molecule is CC(C)CNc1cnn(CCn2cccn2)c(=O)c1. The average molecular weight is 261 g/mol. The first-order valence-electron chi connectivity index (χ1n) is 6.43. The van der Waals surface area contributed by atoms with E-state index in [0.29, 0.717) is 19.0 Å². The number of nitrogens with zero attached hydrogens (tertiary/aromatic N) is 4. The van der Waals surface area contributed by atoms with Crippen LogP contribution in [0, 0.1) is 5.92 Å². The van der Waals surface area contributed by atoms with Crippen molar-refractivity contribution in [1.82, 2.24) is 19.6 Å². The molecule has 1 N–H and O–H groups in total. The lowest BCUT2D eigenvalue weighted by Gasteiger charge is -2.09. The van der Waals surface area contributed by atoms with Gasteiger partial charge in [-0.3, -0.25) is 9.48 Å². The van der Waals surface area contributed by atoms with Crippen molar-refractivity contribution in [1.29, 1.82) is 0 Å². The molecule has 0 saturated heterocycles. The topological polar surface area (TPSA) is 64.7 Å². The van der Waals surface area contributed by atoms with Crippen LogP contribution in [0.15, 0.2) is 35.5 Å². The second-order valence-electron chi connectivity index (χ2n) is 4.85. The van der Waals surface area contributed by atoms with Crippen molar-refractivity contribution in [2.45, 2.75) is 26.9 Å². The highest BCUT2D eigenvalue weighted by atomic mass is 16.1. The summed E-state index contributed by atoms with van der Waals surface area (Å²) in [6.45, 7) is 6.22. The Labute approximate surface area is 112 Å². The van der Waals surface area contributed by atoms with Crippen molar-refractivity contribution >= 4 is 5.69 Å². The number of hydrogen-bond acceptors (Lipinski definition) is 4. The summed E-state index contributed by atoms with van der Waals surface area (Å²) >= 11 is 0. The van der Waals surface area contributed by atoms with Crippen molar-refractivity contribution in [2.24, 2.45) is 5.92 Å². The van der Waals surface area contributed by atoms with Crippen molar-refractivity contribution in [3.63, 3.8) is 0 Å². The van der Waals surface area contributed by atoms with Crippen LogP contribution in [0.4, 0.5) is 5.69 Å². The van der Waals surface area contributed by atoms with Gasteiger partial charge in [0.05, 0.1) is 25.0 Å². The summed E-state index contributed by atoms with van der Waals surface area (Å²) in [5, 5.41) is 11.4. The fourth-order valence-corrected chi connectivity index (χ4v) is 1.65. The Kier molecular flexibility index (Phi) is 4.33. The molecule has 0 aliphatic heterocycles. The Morgan fingerprint density at radius 1 is 1.32 bits per heavy atom.